The van der Waals surface area contributed by atoms with Crippen LogP contribution in [-0.4, -0.2) is 25.7 Å². The maximum Gasteiger partial charge on any atom is 0.142 e. The third-order valence-corrected chi connectivity index (χ3v) is 3.18. The van der Waals surface area contributed by atoms with Gasteiger partial charge in [-0.15, -0.1) is 0 Å². The Morgan fingerprint density at radius 2 is 2.18 bits per heavy atom. The molecule has 1 fully saturated rings. The van der Waals surface area contributed by atoms with Gasteiger partial charge in [0.05, 0.1) is 12.3 Å². The second-order valence-corrected chi connectivity index (χ2v) is 4.68. The third kappa shape index (κ3) is 3.51. The van der Waals surface area contributed by atoms with E-state index in [1.807, 2.05) is 25.1 Å². The molecule has 0 aromatic heterocycles. The highest BCUT2D eigenvalue weighted by Gasteiger charge is 2.14. The number of hydrogen-bond donors (Lipinski definition) is 2. The van der Waals surface area contributed by atoms with E-state index in [4.69, 9.17) is 16.3 Å². The molecule has 0 atom stereocenters. The Bertz CT molecular complexity index is 364. The molecule has 0 aliphatic carbocycles. The second kappa shape index (κ2) is 6.12. The van der Waals surface area contributed by atoms with Gasteiger partial charge < -0.3 is 15.4 Å². The van der Waals surface area contributed by atoms with Crippen LogP contribution in [0, 0.1) is 0 Å². The first-order chi connectivity index (χ1) is 8.29. The van der Waals surface area contributed by atoms with Crippen LogP contribution in [0.25, 0.3) is 0 Å². The summed E-state index contributed by atoms with van der Waals surface area (Å²) in [6, 6.07) is 6.23. The Morgan fingerprint density at radius 1 is 1.41 bits per heavy atom. The summed E-state index contributed by atoms with van der Waals surface area (Å²) in [7, 11) is 0. The fourth-order valence-electron chi connectivity index (χ4n) is 2.08. The SMILES string of the molecule is CCOc1ccc(Cl)cc1NC1CCNCC1. The lowest BCUT2D eigenvalue weighted by Crippen LogP contribution is -2.35. The molecule has 1 heterocycles. The van der Waals surface area contributed by atoms with Gasteiger partial charge in [-0.05, 0) is 51.1 Å². The van der Waals surface area contributed by atoms with E-state index in [1.54, 1.807) is 0 Å². The van der Waals surface area contributed by atoms with Crippen molar-refractivity contribution in [2.45, 2.75) is 25.8 Å². The number of benzene rings is 1. The van der Waals surface area contributed by atoms with Gasteiger partial charge in [-0.2, -0.15) is 0 Å². The van der Waals surface area contributed by atoms with Gasteiger partial charge in [-0.3, -0.25) is 0 Å². The molecule has 1 aromatic carbocycles. The summed E-state index contributed by atoms with van der Waals surface area (Å²) >= 11 is 6.03. The van der Waals surface area contributed by atoms with E-state index in [-0.39, 0.29) is 0 Å². The van der Waals surface area contributed by atoms with Gasteiger partial charge in [0, 0.05) is 11.1 Å². The van der Waals surface area contributed by atoms with Crippen molar-refractivity contribution in [2.75, 3.05) is 25.0 Å². The van der Waals surface area contributed by atoms with Crippen molar-refractivity contribution in [3.63, 3.8) is 0 Å². The van der Waals surface area contributed by atoms with Crippen LogP contribution in [0.5, 0.6) is 5.75 Å². The fourth-order valence-corrected chi connectivity index (χ4v) is 2.25. The van der Waals surface area contributed by atoms with E-state index in [9.17, 15) is 0 Å². The Kier molecular flexibility index (Phi) is 4.51. The van der Waals surface area contributed by atoms with Gasteiger partial charge in [0.2, 0.25) is 0 Å². The van der Waals surface area contributed by atoms with Crippen molar-refractivity contribution in [3.05, 3.63) is 23.2 Å². The van der Waals surface area contributed by atoms with E-state index in [0.717, 1.165) is 42.4 Å². The topological polar surface area (TPSA) is 33.3 Å². The molecule has 17 heavy (non-hydrogen) atoms. The lowest BCUT2D eigenvalue weighted by atomic mass is 10.1. The van der Waals surface area contributed by atoms with E-state index < -0.39 is 0 Å². The van der Waals surface area contributed by atoms with Crippen LogP contribution >= 0.6 is 11.6 Å². The summed E-state index contributed by atoms with van der Waals surface area (Å²) in [5.41, 5.74) is 1.01. The zero-order chi connectivity index (χ0) is 12.1. The number of halogens is 1. The highest BCUT2D eigenvalue weighted by atomic mass is 35.5. The summed E-state index contributed by atoms with van der Waals surface area (Å²) in [6.07, 6.45) is 2.27. The average molecular weight is 255 g/mol. The number of anilines is 1. The molecule has 2 N–H and O–H groups in total. The Morgan fingerprint density at radius 3 is 2.88 bits per heavy atom. The predicted molar refractivity (Wildman–Crippen MR) is 72.1 cm³/mol. The quantitative estimate of drug-likeness (QED) is 0.867. The molecule has 1 saturated heterocycles. The van der Waals surface area contributed by atoms with Gasteiger partial charge in [-0.1, -0.05) is 11.6 Å². The van der Waals surface area contributed by atoms with Crippen LogP contribution in [0.1, 0.15) is 19.8 Å². The zero-order valence-corrected chi connectivity index (χ0v) is 10.9. The van der Waals surface area contributed by atoms with Crippen molar-refractivity contribution < 1.29 is 4.74 Å². The number of ether oxygens (including phenoxy) is 1. The third-order valence-electron chi connectivity index (χ3n) is 2.94. The molecule has 2 rings (SSSR count). The van der Waals surface area contributed by atoms with Crippen LogP contribution < -0.4 is 15.4 Å². The van der Waals surface area contributed by atoms with Crippen LogP contribution in [0.15, 0.2) is 18.2 Å². The highest BCUT2D eigenvalue weighted by molar-refractivity contribution is 6.30. The first-order valence-corrected chi connectivity index (χ1v) is 6.57. The molecule has 4 heteroatoms. The van der Waals surface area contributed by atoms with Crippen molar-refractivity contribution in [3.8, 4) is 5.75 Å². The average Bonchev–Trinajstić information content (AvgIpc) is 2.34. The number of rotatable bonds is 4. The molecule has 1 aliphatic rings. The van der Waals surface area contributed by atoms with Gasteiger partial charge >= 0.3 is 0 Å². The maximum atomic E-state index is 6.03. The summed E-state index contributed by atoms with van der Waals surface area (Å²) < 4.78 is 5.60. The summed E-state index contributed by atoms with van der Waals surface area (Å²) in [5, 5.41) is 7.62. The fraction of sp³-hybridized carbons (Fsp3) is 0.538. The smallest absolute Gasteiger partial charge is 0.142 e. The molecule has 0 unspecified atom stereocenters. The van der Waals surface area contributed by atoms with Gasteiger partial charge in [0.15, 0.2) is 0 Å². The first-order valence-electron chi connectivity index (χ1n) is 6.19. The Balaban J connectivity index is 2.08. The molecule has 0 bridgehead atoms. The first kappa shape index (κ1) is 12.5. The maximum absolute atomic E-state index is 6.03. The standard InChI is InChI=1S/C13H19ClN2O/c1-2-17-13-4-3-10(14)9-12(13)16-11-5-7-15-8-6-11/h3-4,9,11,15-16H,2,5-8H2,1H3. The van der Waals surface area contributed by atoms with E-state index in [1.165, 1.54) is 0 Å². The molecule has 0 spiro atoms. The van der Waals surface area contributed by atoms with Gasteiger partial charge in [0.25, 0.3) is 0 Å². The van der Waals surface area contributed by atoms with Crippen molar-refractivity contribution >= 4 is 17.3 Å². The minimum atomic E-state index is 0.508. The molecule has 0 radical (unpaired) electrons. The monoisotopic (exact) mass is 254 g/mol. The predicted octanol–water partition coefficient (Wildman–Crippen LogP) is 2.90. The summed E-state index contributed by atoms with van der Waals surface area (Å²) in [6.45, 7) is 4.80. The zero-order valence-electron chi connectivity index (χ0n) is 10.1. The Labute approximate surface area is 107 Å². The minimum absolute atomic E-state index is 0.508. The molecule has 3 nitrogen and oxygen atoms in total. The molecule has 0 saturated carbocycles. The van der Waals surface area contributed by atoms with Gasteiger partial charge in [0.1, 0.15) is 5.75 Å². The number of hydrogen-bond acceptors (Lipinski definition) is 3. The minimum Gasteiger partial charge on any atom is -0.492 e. The van der Waals surface area contributed by atoms with Gasteiger partial charge in [-0.25, -0.2) is 0 Å². The lowest BCUT2D eigenvalue weighted by Gasteiger charge is -2.25. The second-order valence-electron chi connectivity index (χ2n) is 4.24. The number of piperidine rings is 1. The largest absolute Gasteiger partial charge is 0.492 e. The van der Waals surface area contributed by atoms with E-state index in [0.29, 0.717) is 12.6 Å². The molecule has 0 amide bonds. The molecule has 1 aromatic rings. The van der Waals surface area contributed by atoms with Crippen LogP contribution in [0.4, 0.5) is 5.69 Å². The normalized spacial score (nSPS) is 16.8. The molecular formula is C13H19ClN2O. The lowest BCUT2D eigenvalue weighted by molar-refractivity contribution is 0.341. The summed E-state index contributed by atoms with van der Waals surface area (Å²) in [5.74, 6) is 0.885. The van der Waals surface area contributed by atoms with Crippen molar-refractivity contribution in [2.24, 2.45) is 0 Å². The van der Waals surface area contributed by atoms with Crippen molar-refractivity contribution in [1.29, 1.82) is 0 Å². The Hall–Kier alpha value is -0.930. The van der Waals surface area contributed by atoms with E-state index in [2.05, 4.69) is 10.6 Å². The van der Waals surface area contributed by atoms with E-state index >= 15 is 0 Å². The number of nitrogens with one attached hydrogen (secondary N) is 2. The molecule has 1 aliphatic heterocycles. The van der Waals surface area contributed by atoms with Crippen LogP contribution in [-0.2, 0) is 0 Å². The molecule has 94 valence electrons. The van der Waals surface area contributed by atoms with Crippen LogP contribution in [0.2, 0.25) is 5.02 Å². The molecular weight excluding hydrogens is 236 g/mol. The summed E-state index contributed by atoms with van der Waals surface area (Å²) in [4.78, 5) is 0. The highest BCUT2D eigenvalue weighted by Crippen LogP contribution is 2.29. The van der Waals surface area contributed by atoms with Crippen molar-refractivity contribution in [1.82, 2.24) is 5.32 Å². The van der Waals surface area contributed by atoms with Crippen LogP contribution in [0.3, 0.4) is 0 Å².